The molecule has 3 nitrogen and oxygen atoms in total. The molecule has 0 saturated carbocycles. The smallest absolute Gasteiger partial charge is 0.0813 e. The highest BCUT2D eigenvalue weighted by Crippen LogP contribution is 2.12. The number of nitrogens with one attached hydrogen (secondary N) is 1. The van der Waals surface area contributed by atoms with E-state index in [-0.39, 0.29) is 5.60 Å². The predicted octanol–water partition coefficient (Wildman–Crippen LogP) is 2.74. The van der Waals surface area contributed by atoms with Crippen LogP contribution in [0.3, 0.4) is 0 Å². The fourth-order valence-corrected chi connectivity index (χ4v) is 1.81. The summed E-state index contributed by atoms with van der Waals surface area (Å²) >= 11 is 0. The fraction of sp³-hybridized carbons (Fsp3) is 0.857. The van der Waals surface area contributed by atoms with Crippen LogP contribution in [0.2, 0.25) is 0 Å². The van der Waals surface area contributed by atoms with Crippen molar-refractivity contribution in [3.8, 4) is 0 Å². The molecule has 0 atom stereocenters. The van der Waals surface area contributed by atoms with E-state index >= 15 is 0 Å². The Hall–Kier alpha value is -0.380. The second-order valence-electron chi connectivity index (χ2n) is 6.19. The van der Waals surface area contributed by atoms with Crippen molar-refractivity contribution in [1.29, 1.82) is 0 Å². The van der Waals surface area contributed by atoms with E-state index in [0.717, 1.165) is 19.6 Å². The first kappa shape index (κ1) is 14.7. The number of hydroxylamine groups is 1. The van der Waals surface area contributed by atoms with Crippen molar-refractivity contribution >= 4 is 0 Å². The summed E-state index contributed by atoms with van der Waals surface area (Å²) in [7, 11) is 0. The van der Waals surface area contributed by atoms with Gasteiger partial charge in [0.2, 0.25) is 0 Å². The van der Waals surface area contributed by atoms with Crippen molar-refractivity contribution in [3.05, 3.63) is 11.6 Å². The molecular formula is C14H28N2O. The Morgan fingerprint density at radius 3 is 2.35 bits per heavy atom. The summed E-state index contributed by atoms with van der Waals surface area (Å²) in [6.07, 6.45) is 4.65. The van der Waals surface area contributed by atoms with Crippen LogP contribution in [0.4, 0.5) is 0 Å². The SMILES string of the molecule is CC(C)=CCN1CCC(NOC(C)(C)C)CC1. The molecule has 0 aromatic heterocycles. The minimum Gasteiger partial charge on any atom is -0.300 e. The number of hydrogen-bond acceptors (Lipinski definition) is 3. The average Bonchev–Trinajstić information content (AvgIpc) is 2.24. The van der Waals surface area contributed by atoms with Crippen LogP contribution in [0.15, 0.2) is 11.6 Å². The van der Waals surface area contributed by atoms with E-state index in [2.05, 4.69) is 51.1 Å². The van der Waals surface area contributed by atoms with Gasteiger partial charge in [-0.1, -0.05) is 11.6 Å². The monoisotopic (exact) mass is 240 g/mol. The van der Waals surface area contributed by atoms with E-state index in [1.165, 1.54) is 18.4 Å². The summed E-state index contributed by atoms with van der Waals surface area (Å²) < 4.78 is 0. The Morgan fingerprint density at radius 2 is 1.88 bits per heavy atom. The summed E-state index contributed by atoms with van der Waals surface area (Å²) in [5.41, 5.74) is 4.51. The summed E-state index contributed by atoms with van der Waals surface area (Å²) in [6, 6.07) is 0.511. The Bertz CT molecular complexity index is 243. The van der Waals surface area contributed by atoms with E-state index in [9.17, 15) is 0 Å². The number of allylic oxidation sites excluding steroid dienone is 1. The molecule has 0 spiro atoms. The number of piperidine rings is 1. The van der Waals surface area contributed by atoms with Gasteiger partial charge in [0, 0.05) is 25.7 Å². The van der Waals surface area contributed by atoms with Crippen LogP contribution < -0.4 is 5.48 Å². The van der Waals surface area contributed by atoms with E-state index in [0.29, 0.717) is 6.04 Å². The van der Waals surface area contributed by atoms with Crippen LogP contribution in [-0.2, 0) is 4.84 Å². The molecule has 0 aromatic rings. The Balaban J connectivity index is 2.20. The lowest BCUT2D eigenvalue weighted by Crippen LogP contribution is -2.44. The van der Waals surface area contributed by atoms with Gasteiger partial charge < -0.3 is 0 Å². The molecule has 100 valence electrons. The topological polar surface area (TPSA) is 24.5 Å². The summed E-state index contributed by atoms with van der Waals surface area (Å²) in [5.74, 6) is 0. The van der Waals surface area contributed by atoms with Gasteiger partial charge in [0.05, 0.1) is 5.60 Å². The molecule has 0 unspecified atom stereocenters. The molecule has 1 heterocycles. The lowest BCUT2D eigenvalue weighted by Gasteiger charge is -2.33. The first-order valence-electron chi connectivity index (χ1n) is 6.66. The van der Waals surface area contributed by atoms with Crippen molar-refractivity contribution in [2.24, 2.45) is 0 Å². The summed E-state index contributed by atoms with van der Waals surface area (Å²) in [4.78, 5) is 8.12. The first-order valence-corrected chi connectivity index (χ1v) is 6.66. The zero-order chi connectivity index (χ0) is 12.9. The van der Waals surface area contributed by atoms with E-state index in [1.807, 2.05) is 0 Å². The van der Waals surface area contributed by atoms with Gasteiger partial charge in [-0.25, -0.2) is 0 Å². The van der Waals surface area contributed by atoms with E-state index < -0.39 is 0 Å². The largest absolute Gasteiger partial charge is 0.300 e. The predicted molar refractivity (Wildman–Crippen MR) is 72.9 cm³/mol. The van der Waals surface area contributed by atoms with Gasteiger partial charge in [0.1, 0.15) is 0 Å². The molecule has 0 amide bonds. The molecule has 1 aliphatic rings. The molecule has 3 heteroatoms. The zero-order valence-corrected chi connectivity index (χ0v) is 12.0. The van der Waals surface area contributed by atoms with Crippen LogP contribution >= 0.6 is 0 Å². The molecule has 1 aliphatic heterocycles. The highest BCUT2D eigenvalue weighted by molar-refractivity contribution is 4.95. The third-order valence-electron chi connectivity index (χ3n) is 2.88. The molecule has 1 fully saturated rings. The second-order valence-corrected chi connectivity index (χ2v) is 6.19. The molecule has 0 bridgehead atoms. The minimum absolute atomic E-state index is 0.0980. The van der Waals surface area contributed by atoms with Crippen LogP contribution in [0, 0.1) is 0 Å². The number of hydrogen-bond donors (Lipinski definition) is 1. The maximum atomic E-state index is 5.62. The lowest BCUT2D eigenvalue weighted by atomic mass is 10.1. The molecule has 1 rings (SSSR count). The van der Waals surface area contributed by atoms with Gasteiger partial charge >= 0.3 is 0 Å². The van der Waals surface area contributed by atoms with Crippen LogP contribution in [0.25, 0.3) is 0 Å². The Kier molecular flexibility index (Phi) is 5.63. The standard InChI is InChI=1S/C14H28N2O/c1-12(2)6-9-16-10-7-13(8-11-16)15-17-14(3,4)5/h6,13,15H,7-11H2,1-5H3. The van der Waals surface area contributed by atoms with Crippen molar-refractivity contribution in [2.45, 2.75) is 59.1 Å². The maximum Gasteiger partial charge on any atom is 0.0813 e. The quantitative estimate of drug-likeness (QED) is 0.604. The average molecular weight is 240 g/mol. The van der Waals surface area contributed by atoms with Crippen molar-refractivity contribution in [3.63, 3.8) is 0 Å². The van der Waals surface area contributed by atoms with Gasteiger partial charge in [-0.05, 0) is 47.5 Å². The Morgan fingerprint density at radius 1 is 1.29 bits per heavy atom. The van der Waals surface area contributed by atoms with Crippen molar-refractivity contribution < 1.29 is 4.84 Å². The van der Waals surface area contributed by atoms with E-state index in [1.54, 1.807) is 0 Å². The molecule has 0 aliphatic carbocycles. The van der Waals surface area contributed by atoms with Gasteiger partial charge in [-0.15, -0.1) is 0 Å². The number of likely N-dealkylation sites (tertiary alicyclic amines) is 1. The third-order valence-corrected chi connectivity index (χ3v) is 2.88. The van der Waals surface area contributed by atoms with Gasteiger partial charge in [0.15, 0.2) is 0 Å². The fourth-order valence-electron chi connectivity index (χ4n) is 1.81. The van der Waals surface area contributed by atoms with Gasteiger partial charge in [-0.2, -0.15) is 5.48 Å². The first-order chi connectivity index (χ1) is 7.87. The van der Waals surface area contributed by atoms with Crippen LogP contribution in [0.5, 0.6) is 0 Å². The van der Waals surface area contributed by atoms with Gasteiger partial charge in [0.25, 0.3) is 0 Å². The highest BCUT2D eigenvalue weighted by Gasteiger charge is 2.20. The van der Waals surface area contributed by atoms with Crippen LogP contribution in [0.1, 0.15) is 47.5 Å². The molecule has 1 saturated heterocycles. The number of nitrogens with zero attached hydrogens (tertiary/aromatic N) is 1. The Labute approximate surface area is 106 Å². The number of rotatable bonds is 4. The molecule has 0 radical (unpaired) electrons. The third kappa shape index (κ3) is 6.81. The van der Waals surface area contributed by atoms with Crippen molar-refractivity contribution in [2.75, 3.05) is 19.6 Å². The molecule has 0 aromatic carbocycles. The normalized spacial score (nSPS) is 19.4. The van der Waals surface area contributed by atoms with Crippen molar-refractivity contribution in [1.82, 2.24) is 10.4 Å². The van der Waals surface area contributed by atoms with E-state index in [4.69, 9.17) is 4.84 Å². The minimum atomic E-state index is -0.0980. The highest BCUT2D eigenvalue weighted by atomic mass is 16.7. The van der Waals surface area contributed by atoms with Gasteiger partial charge in [-0.3, -0.25) is 9.74 Å². The second kappa shape index (κ2) is 6.53. The summed E-state index contributed by atoms with van der Waals surface area (Å²) in [6.45, 7) is 14.0. The van der Waals surface area contributed by atoms with Crippen LogP contribution in [-0.4, -0.2) is 36.2 Å². The molecular weight excluding hydrogens is 212 g/mol. The summed E-state index contributed by atoms with van der Waals surface area (Å²) in [5, 5.41) is 0. The lowest BCUT2D eigenvalue weighted by molar-refractivity contribution is -0.0949. The molecule has 17 heavy (non-hydrogen) atoms. The molecule has 1 N–H and O–H groups in total. The zero-order valence-electron chi connectivity index (χ0n) is 12.0. The maximum absolute atomic E-state index is 5.62.